The van der Waals surface area contributed by atoms with E-state index < -0.39 is 0 Å². The van der Waals surface area contributed by atoms with Gasteiger partial charge >= 0.3 is 0 Å². The zero-order valence-corrected chi connectivity index (χ0v) is 13.0. The van der Waals surface area contributed by atoms with Gasteiger partial charge in [-0.15, -0.1) is 0 Å². The van der Waals surface area contributed by atoms with Crippen LogP contribution >= 0.6 is 0 Å². The molecule has 0 radical (unpaired) electrons. The summed E-state index contributed by atoms with van der Waals surface area (Å²) in [6.07, 6.45) is 6.59. The Morgan fingerprint density at radius 3 is 2.57 bits per heavy atom. The van der Waals surface area contributed by atoms with Gasteiger partial charge in [0.1, 0.15) is 5.76 Å². The highest BCUT2D eigenvalue weighted by atomic mass is 16.3. The lowest BCUT2D eigenvalue weighted by Gasteiger charge is -2.24. The molecule has 0 amide bonds. The summed E-state index contributed by atoms with van der Waals surface area (Å²) in [6.45, 7) is 4.43. The third-order valence-electron chi connectivity index (χ3n) is 4.40. The SMILES string of the molecule is Cc1ccc(C(NC(C)CCc2ccco2)C2CC2)cc1. The Hall–Kier alpha value is -1.54. The Morgan fingerprint density at radius 1 is 1.19 bits per heavy atom. The molecule has 1 aromatic heterocycles. The summed E-state index contributed by atoms with van der Waals surface area (Å²) in [5.41, 5.74) is 2.77. The van der Waals surface area contributed by atoms with Gasteiger partial charge in [-0.3, -0.25) is 0 Å². The van der Waals surface area contributed by atoms with Crippen LogP contribution in [0, 0.1) is 12.8 Å². The minimum absolute atomic E-state index is 0.502. The second-order valence-electron chi connectivity index (χ2n) is 6.41. The van der Waals surface area contributed by atoms with Gasteiger partial charge < -0.3 is 9.73 Å². The molecule has 3 rings (SSSR count). The molecular weight excluding hydrogens is 258 g/mol. The van der Waals surface area contributed by atoms with Crippen LogP contribution in [-0.2, 0) is 6.42 Å². The summed E-state index contributed by atoms with van der Waals surface area (Å²) in [4.78, 5) is 0. The van der Waals surface area contributed by atoms with Crippen LogP contribution in [-0.4, -0.2) is 6.04 Å². The summed E-state index contributed by atoms with van der Waals surface area (Å²) < 4.78 is 5.42. The maximum absolute atomic E-state index is 5.42. The molecule has 2 unspecified atom stereocenters. The Balaban J connectivity index is 1.58. The van der Waals surface area contributed by atoms with Gasteiger partial charge in [0, 0.05) is 18.5 Å². The summed E-state index contributed by atoms with van der Waals surface area (Å²) in [7, 11) is 0. The number of furan rings is 1. The standard InChI is InChI=1S/C19H25NO/c1-14-5-8-16(9-6-14)19(17-10-11-17)20-15(2)7-12-18-4-3-13-21-18/h3-6,8-9,13,15,17,19-20H,7,10-12H2,1-2H3. The van der Waals surface area contributed by atoms with Crippen LogP contribution in [0.3, 0.4) is 0 Å². The molecule has 2 nitrogen and oxygen atoms in total. The fraction of sp³-hybridized carbons (Fsp3) is 0.474. The van der Waals surface area contributed by atoms with Crippen molar-refractivity contribution in [2.24, 2.45) is 5.92 Å². The molecular formula is C19H25NO. The molecule has 1 aromatic carbocycles. The molecule has 1 aliphatic carbocycles. The molecule has 21 heavy (non-hydrogen) atoms. The monoisotopic (exact) mass is 283 g/mol. The summed E-state index contributed by atoms with van der Waals surface area (Å²) in [5.74, 6) is 1.90. The van der Waals surface area contributed by atoms with Gasteiger partial charge in [-0.05, 0) is 56.7 Å². The molecule has 0 bridgehead atoms. The van der Waals surface area contributed by atoms with E-state index in [1.54, 1.807) is 6.26 Å². The third kappa shape index (κ3) is 3.98. The minimum atomic E-state index is 0.502. The molecule has 0 saturated heterocycles. The quantitative estimate of drug-likeness (QED) is 0.800. The zero-order valence-electron chi connectivity index (χ0n) is 13.0. The molecule has 1 heterocycles. The lowest BCUT2D eigenvalue weighted by molar-refractivity contribution is 0.392. The number of hydrogen-bond acceptors (Lipinski definition) is 2. The van der Waals surface area contributed by atoms with Gasteiger partial charge in [0.15, 0.2) is 0 Å². The van der Waals surface area contributed by atoms with E-state index in [1.807, 2.05) is 6.07 Å². The van der Waals surface area contributed by atoms with E-state index in [9.17, 15) is 0 Å². The number of rotatable bonds is 7. The van der Waals surface area contributed by atoms with Gasteiger partial charge in [0.25, 0.3) is 0 Å². The first-order chi connectivity index (χ1) is 10.2. The lowest BCUT2D eigenvalue weighted by atomic mass is 9.99. The molecule has 0 spiro atoms. The Morgan fingerprint density at radius 2 is 1.95 bits per heavy atom. The van der Waals surface area contributed by atoms with Crippen molar-refractivity contribution in [1.82, 2.24) is 5.32 Å². The average Bonchev–Trinajstić information content (AvgIpc) is 3.19. The fourth-order valence-corrected chi connectivity index (χ4v) is 2.91. The Bertz CT molecular complexity index is 539. The molecule has 2 heteroatoms. The first kappa shape index (κ1) is 14.4. The second kappa shape index (κ2) is 6.48. The Labute approximate surface area is 127 Å². The van der Waals surface area contributed by atoms with Crippen molar-refractivity contribution in [2.75, 3.05) is 0 Å². The molecule has 2 atom stereocenters. The highest BCUT2D eigenvalue weighted by Crippen LogP contribution is 2.41. The summed E-state index contributed by atoms with van der Waals surface area (Å²) in [5, 5.41) is 3.84. The van der Waals surface area contributed by atoms with E-state index in [-0.39, 0.29) is 0 Å². The number of hydrogen-bond donors (Lipinski definition) is 1. The van der Waals surface area contributed by atoms with Gasteiger partial charge in [-0.2, -0.15) is 0 Å². The van der Waals surface area contributed by atoms with Crippen LogP contribution in [0.5, 0.6) is 0 Å². The predicted octanol–water partition coefficient (Wildman–Crippen LogP) is 4.65. The van der Waals surface area contributed by atoms with E-state index >= 15 is 0 Å². The van der Waals surface area contributed by atoms with Crippen LogP contribution < -0.4 is 5.32 Å². The van der Waals surface area contributed by atoms with Crippen LogP contribution in [0.15, 0.2) is 47.1 Å². The van der Waals surface area contributed by atoms with E-state index in [4.69, 9.17) is 4.42 Å². The average molecular weight is 283 g/mol. The van der Waals surface area contributed by atoms with Crippen molar-refractivity contribution in [2.45, 2.75) is 51.6 Å². The largest absolute Gasteiger partial charge is 0.469 e. The van der Waals surface area contributed by atoms with E-state index in [1.165, 1.54) is 24.0 Å². The maximum atomic E-state index is 5.42. The molecule has 112 valence electrons. The maximum Gasteiger partial charge on any atom is 0.103 e. The minimum Gasteiger partial charge on any atom is -0.469 e. The molecule has 1 fully saturated rings. The fourth-order valence-electron chi connectivity index (χ4n) is 2.91. The summed E-state index contributed by atoms with van der Waals surface area (Å²) >= 11 is 0. The van der Waals surface area contributed by atoms with E-state index in [0.29, 0.717) is 12.1 Å². The summed E-state index contributed by atoms with van der Waals surface area (Å²) in [6, 6.07) is 14.0. The molecule has 1 N–H and O–H groups in total. The lowest BCUT2D eigenvalue weighted by Crippen LogP contribution is -2.32. The van der Waals surface area contributed by atoms with Gasteiger partial charge in [-0.25, -0.2) is 0 Å². The molecule has 0 aliphatic heterocycles. The van der Waals surface area contributed by atoms with Crippen molar-refractivity contribution < 1.29 is 4.42 Å². The smallest absolute Gasteiger partial charge is 0.103 e. The van der Waals surface area contributed by atoms with Crippen molar-refractivity contribution in [3.8, 4) is 0 Å². The van der Waals surface area contributed by atoms with Gasteiger partial charge in [0.2, 0.25) is 0 Å². The normalized spacial score (nSPS) is 17.6. The van der Waals surface area contributed by atoms with Crippen LogP contribution in [0.2, 0.25) is 0 Å². The molecule has 1 saturated carbocycles. The Kier molecular flexibility index (Phi) is 4.45. The van der Waals surface area contributed by atoms with E-state index in [2.05, 4.69) is 49.5 Å². The molecule has 2 aromatic rings. The first-order valence-electron chi connectivity index (χ1n) is 8.07. The highest BCUT2D eigenvalue weighted by molar-refractivity contribution is 5.25. The predicted molar refractivity (Wildman–Crippen MR) is 86.3 cm³/mol. The van der Waals surface area contributed by atoms with Crippen LogP contribution in [0.25, 0.3) is 0 Å². The van der Waals surface area contributed by atoms with Crippen molar-refractivity contribution in [3.05, 3.63) is 59.5 Å². The van der Waals surface area contributed by atoms with Crippen molar-refractivity contribution in [1.29, 1.82) is 0 Å². The van der Waals surface area contributed by atoms with Crippen molar-refractivity contribution in [3.63, 3.8) is 0 Å². The highest BCUT2D eigenvalue weighted by Gasteiger charge is 2.32. The van der Waals surface area contributed by atoms with Crippen LogP contribution in [0.1, 0.15) is 49.1 Å². The van der Waals surface area contributed by atoms with Crippen molar-refractivity contribution >= 4 is 0 Å². The van der Waals surface area contributed by atoms with Gasteiger partial charge in [0.05, 0.1) is 6.26 Å². The third-order valence-corrected chi connectivity index (χ3v) is 4.40. The van der Waals surface area contributed by atoms with Crippen LogP contribution in [0.4, 0.5) is 0 Å². The zero-order chi connectivity index (χ0) is 14.7. The van der Waals surface area contributed by atoms with E-state index in [0.717, 1.165) is 24.5 Å². The first-order valence-corrected chi connectivity index (χ1v) is 8.07. The number of aryl methyl sites for hydroxylation is 2. The molecule has 1 aliphatic rings. The second-order valence-corrected chi connectivity index (χ2v) is 6.41. The van der Waals surface area contributed by atoms with Gasteiger partial charge in [-0.1, -0.05) is 29.8 Å². The topological polar surface area (TPSA) is 25.2 Å². The number of benzene rings is 1. The number of nitrogens with one attached hydrogen (secondary N) is 1.